The molecule has 0 saturated carbocycles. The van der Waals surface area contributed by atoms with E-state index in [0.717, 1.165) is 31.5 Å². The van der Waals surface area contributed by atoms with Crippen LogP contribution in [0.1, 0.15) is 29.9 Å². The van der Waals surface area contributed by atoms with Gasteiger partial charge in [-0.2, -0.15) is 0 Å². The highest BCUT2D eigenvalue weighted by atomic mass is 19.1. The average molecular weight is 241 g/mol. The SMILES string of the molecule is COCc1c(F)cc(C2CCNCC2)cc1F. The van der Waals surface area contributed by atoms with Crippen molar-refractivity contribution >= 4 is 0 Å². The molecule has 94 valence electrons. The second-order valence-electron chi connectivity index (χ2n) is 4.42. The summed E-state index contributed by atoms with van der Waals surface area (Å²) in [5.74, 6) is -0.738. The minimum absolute atomic E-state index is 0.0187. The monoisotopic (exact) mass is 241 g/mol. The number of nitrogens with one attached hydrogen (secondary N) is 1. The summed E-state index contributed by atoms with van der Waals surface area (Å²) in [6, 6.07) is 2.90. The standard InChI is InChI=1S/C13H17F2NO/c1-17-8-11-12(14)6-10(7-13(11)15)9-2-4-16-5-3-9/h6-7,9,16H,2-5,8H2,1H3. The molecule has 17 heavy (non-hydrogen) atoms. The Bertz CT molecular complexity index is 366. The maximum Gasteiger partial charge on any atom is 0.131 e. The number of ether oxygens (including phenoxy) is 1. The predicted octanol–water partition coefficient (Wildman–Crippen LogP) is 2.58. The van der Waals surface area contributed by atoms with E-state index in [4.69, 9.17) is 4.74 Å². The van der Waals surface area contributed by atoms with Gasteiger partial charge in [-0.25, -0.2) is 8.78 Å². The second kappa shape index (κ2) is 5.56. The molecule has 1 heterocycles. The molecule has 1 fully saturated rings. The molecule has 1 aliphatic heterocycles. The summed E-state index contributed by atoms with van der Waals surface area (Å²) < 4.78 is 32.2. The zero-order chi connectivity index (χ0) is 12.3. The fourth-order valence-corrected chi connectivity index (χ4v) is 2.30. The lowest BCUT2D eigenvalue weighted by atomic mass is 9.89. The van der Waals surface area contributed by atoms with E-state index in [1.165, 1.54) is 19.2 Å². The summed E-state index contributed by atoms with van der Waals surface area (Å²) in [6.45, 7) is 1.80. The quantitative estimate of drug-likeness (QED) is 0.878. The van der Waals surface area contributed by atoms with Crippen molar-refractivity contribution in [2.45, 2.75) is 25.4 Å². The zero-order valence-electron chi connectivity index (χ0n) is 9.93. The van der Waals surface area contributed by atoms with Gasteiger partial charge in [-0.15, -0.1) is 0 Å². The Morgan fingerprint density at radius 2 is 1.82 bits per heavy atom. The Balaban J connectivity index is 2.24. The van der Waals surface area contributed by atoms with Gasteiger partial charge in [0.2, 0.25) is 0 Å². The Morgan fingerprint density at radius 1 is 1.24 bits per heavy atom. The first kappa shape index (κ1) is 12.5. The van der Waals surface area contributed by atoms with Crippen LogP contribution in [0.25, 0.3) is 0 Å². The molecule has 0 amide bonds. The zero-order valence-corrected chi connectivity index (χ0v) is 9.93. The van der Waals surface area contributed by atoms with Gasteiger partial charge in [0.25, 0.3) is 0 Å². The van der Waals surface area contributed by atoms with Crippen LogP contribution in [0.15, 0.2) is 12.1 Å². The summed E-state index contributed by atoms with van der Waals surface area (Å²) in [6.07, 6.45) is 1.87. The summed E-state index contributed by atoms with van der Waals surface area (Å²) >= 11 is 0. The smallest absolute Gasteiger partial charge is 0.131 e. The number of rotatable bonds is 3. The highest BCUT2D eigenvalue weighted by Gasteiger charge is 2.19. The van der Waals surface area contributed by atoms with Crippen LogP contribution in [0.2, 0.25) is 0 Å². The summed E-state index contributed by atoms with van der Waals surface area (Å²) in [5, 5.41) is 3.24. The van der Waals surface area contributed by atoms with Crippen LogP contribution in [-0.2, 0) is 11.3 Å². The van der Waals surface area contributed by atoms with Crippen LogP contribution in [0.3, 0.4) is 0 Å². The number of piperidine rings is 1. The van der Waals surface area contributed by atoms with Crippen molar-refractivity contribution in [2.24, 2.45) is 0 Å². The van der Waals surface area contributed by atoms with E-state index in [1.54, 1.807) is 0 Å². The third kappa shape index (κ3) is 2.82. The van der Waals surface area contributed by atoms with Gasteiger partial charge in [0.05, 0.1) is 6.61 Å². The molecule has 1 aromatic rings. The predicted molar refractivity (Wildman–Crippen MR) is 61.9 cm³/mol. The third-order valence-electron chi connectivity index (χ3n) is 3.26. The van der Waals surface area contributed by atoms with Crippen molar-refractivity contribution in [3.63, 3.8) is 0 Å². The highest BCUT2D eigenvalue weighted by molar-refractivity contribution is 5.28. The lowest BCUT2D eigenvalue weighted by Gasteiger charge is -2.23. The molecular weight excluding hydrogens is 224 g/mol. The second-order valence-corrected chi connectivity index (χ2v) is 4.42. The largest absolute Gasteiger partial charge is 0.380 e. The van der Waals surface area contributed by atoms with E-state index in [1.807, 2.05) is 0 Å². The minimum atomic E-state index is -0.500. The van der Waals surface area contributed by atoms with E-state index < -0.39 is 11.6 Å². The van der Waals surface area contributed by atoms with Gasteiger partial charge in [0, 0.05) is 12.7 Å². The Morgan fingerprint density at radius 3 is 2.35 bits per heavy atom. The number of methoxy groups -OCH3 is 1. The van der Waals surface area contributed by atoms with Crippen molar-refractivity contribution in [1.82, 2.24) is 5.32 Å². The number of hydrogen-bond acceptors (Lipinski definition) is 2. The summed E-state index contributed by atoms with van der Waals surface area (Å²) in [4.78, 5) is 0. The first-order chi connectivity index (χ1) is 8.22. The van der Waals surface area contributed by atoms with E-state index in [9.17, 15) is 8.78 Å². The van der Waals surface area contributed by atoms with Gasteiger partial charge in [-0.1, -0.05) is 0 Å². The lowest BCUT2D eigenvalue weighted by Crippen LogP contribution is -2.26. The van der Waals surface area contributed by atoms with Crippen molar-refractivity contribution in [1.29, 1.82) is 0 Å². The summed E-state index contributed by atoms with van der Waals surface area (Å²) in [5.41, 5.74) is 0.784. The number of hydrogen-bond donors (Lipinski definition) is 1. The molecule has 0 aliphatic carbocycles. The Hall–Kier alpha value is -1.00. The first-order valence-electron chi connectivity index (χ1n) is 5.90. The fraction of sp³-hybridized carbons (Fsp3) is 0.538. The van der Waals surface area contributed by atoms with E-state index in [0.29, 0.717) is 0 Å². The first-order valence-corrected chi connectivity index (χ1v) is 5.90. The number of benzene rings is 1. The molecule has 0 bridgehead atoms. The van der Waals surface area contributed by atoms with Crippen LogP contribution < -0.4 is 5.32 Å². The van der Waals surface area contributed by atoms with Crippen LogP contribution >= 0.6 is 0 Å². The normalized spacial score (nSPS) is 17.4. The van der Waals surface area contributed by atoms with Crippen LogP contribution in [0, 0.1) is 11.6 Å². The van der Waals surface area contributed by atoms with Crippen LogP contribution in [-0.4, -0.2) is 20.2 Å². The van der Waals surface area contributed by atoms with Crippen molar-refractivity contribution in [3.8, 4) is 0 Å². The van der Waals surface area contributed by atoms with Crippen LogP contribution in [0.4, 0.5) is 8.78 Å². The molecule has 0 spiro atoms. The van der Waals surface area contributed by atoms with Crippen LogP contribution in [0.5, 0.6) is 0 Å². The minimum Gasteiger partial charge on any atom is -0.380 e. The fourth-order valence-electron chi connectivity index (χ4n) is 2.30. The van der Waals surface area contributed by atoms with E-state index >= 15 is 0 Å². The maximum atomic E-state index is 13.7. The Kier molecular flexibility index (Phi) is 4.07. The highest BCUT2D eigenvalue weighted by Crippen LogP contribution is 2.28. The van der Waals surface area contributed by atoms with Gasteiger partial charge in [-0.05, 0) is 49.5 Å². The maximum absolute atomic E-state index is 13.7. The number of halogens is 2. The van der Waals surface area contributed by atoms with Crippen molar-refractivity contribution in [2.75, 3.05) is 20.2 Å². The summed E-state index contributed by atoms with van der Waals surface area (Å²) in [7, 11) is 1.43. The molecule has 4 heteroatoms. The molecule has 1 N–H and O–H groups in total. The third-order valence-corrected chi connectivity index (χ3v) is 3.26. The molecule has 0 radical (unpaired) electrons. The molecule has 1 aromatic carbocycles. The van der Waals surface area contributed by atoms with Gasteiger partial charge >= 0.3 is 0 Å². The van der Waals surface area contributed by atoms with Gasteiger partial charge in [0.15, 0.2) is 0 Å². The van der Waals surface area contributed by atoms with E-state index in [2.05, 4.69) is 5.32 Å². The molecular formula is C13H17F2NO. The molecule has 0 unspecified atom stereocenters. The lowest BCUT2D eigenvalue weighted by molar-refractivity contribution is 0.177. The average Bonchev–Trinajstić information content (AvgIpc) is 2.35. The molecule has 2 nitrogen and oxygen atoms in total. The molecule has 1 aliphatic rings. The topological polar surface area (TPSA) is 21.3 Å². The van der Waals surface area contributed by atoms with Crippen molar-refractivity contribution in [3.05, 3.63) is 34.9 Å². The molecule has 2 rings (SSSR count). The molecule has 0 atom stereocenters. The molecule has 0 aromatic heterocycles. The molecule has 1 saturated heterocycles. The van der Waals surface area contributed by atoms with Gasteiger partial charge in [0.1, 0.15) is 11.6 Å². The van der Waals surface area contributed by atoms with E-state index in [-0.39, 0.29) is 18.1 Å². The van der Waals surface area contributed by atoms with Gasteiger partial charge in [-0.3, -0.25) is 0 Å². The van der Waals surface area contributed by atoms with Crippen molar-refractivity contribution < 1.29 is 13.5 Å². The Labute approximate surface area is 100.0 Å². The van der Waals surface area contributed by atoms with Gasteiger partial charge < -0.3 is 10.1 Å².